The Hall–Kier alpha value is 3.55. The van der Waals surface area contributed by atoms with Gasteiger partial charge < -0.3 is 4.52 Å². The van der Waals surface area contributed by atoms with Crippen LogP contribution >= 0.6 is 143 Å². The van der Waals surface area contributed by atoms with Gasteiger partial charge in [0.05, 0.1) is 0 Å². The molecule has 0 aliphatic carbocycles. The first kappa shape index (κ1) is 20.6. The Bertz CT molecular complexity index is 485. The monoisotopic (exact) mass is 957 g/mol. The fourth-order valence-electron chi connectivity index (χ4n) is 1.12. The third-order valence-corrected chi connectivity index (χ3v) is 5.97. The molecule has 4 nitrogen and oxygen atoms in total. The van der Waals surface area contributed by atoms with Gasteiger partial charge in [-0.25, -0.2) is 4.57 Å². The Labute approximate surface area is 192 Å². The van der Waals surface area contributed by atoms with Gasteiger partial charge >= 0.3 is 7.82 Å². The van der Waals surface area contributed by atoms with Crippen molar-refractivity contribution in [3.63, 3.8) is 0 Å². The second kappa shape index (κ2) is 7.62. The van der Waals surface area contributed by atoms with E-state index < -0.39 is 7.82 Å². The molecular weight excluding hydrogens is 952 g/mol. The van der Waals surface area contributed by atoms with Crippen molar-refractivity contribution in [3.8, 4) is 5.75 Å². The number of alkyl halides is 6. The quantitative estimate of drug-likeness (QED) is 0.222. The molecule has 0 saturated heterocycles. The zero-order valence-electron chi connectivity index (χ0n) is 8.66. The molecule has 0 spiro atoms. The van der Waals surface area contributed by atoms with Gasteiger partial charge in [0.2, 0.25) is 0 Å². The molecule has 0 radical (unpaired) electrons. The molecule has 19 heavy (non-hydrogen) atoms. The van der Waals surface area contributed by atoms with E-state index in [-0.39, 0.29) is 4.62 Å². The molecule has 11 heteroatoms. The number of phosphoric ester groups is 1. The maximum atomic E-state index is 11.0. The van der Waals surface area contributed by atoms with Crippen molar-refractivity contribution >= 4 is 143 Å². The molecule has 0 atom stereocenters. The summed E-state index contributed by atoms with van der Waals surface area (Å²) in [5.74, 6) is 0.185. The van der Waals surface area contributed by atoms with Crippen molar-refractivity contribution in [1.29, 1.82) is 0 Å². The van der Waals surface area contributed by atoms with Crippen LogP contribution in [0.3, 0.4) is 0 Å². The number of rotatable bonds is 4. The van der Waals surface area contributed by atoms with Crippen LogP contribution in [0.4, 0.5) is 0 Å². The molecule has 1 aromatic rings. The standard InChI is InChI=1S/C8H5I6O4P/c9-7(10,11)4-1-5(8(12,13)14)3-6(2-4)18-19(15,16)17/h1-3H,(H2,15,16,17). The van der Waals surface area contributed by atoms with E-state index >= 15 is 0 Å². The fraction of sp³-hybridized carbons (Fsp3) is 0.250. The van der Waals surface area contributed by atoms with Crippen LogP contribution in [-0.4, -0.2) is 9.79 Å². The van der Waals surface area contributed by atoms with Crippen LogP contribution in [0.2, 0.25) is 0 Å². The lowest BCUT2D eigenvalue weighted by atomic mass is 10.1. The Balaban J connectivity index is 3.37. The molecule has 0 aliphatic rings. The van der Waals surface area contributed by atoms with Gasteiger partial charge in [-0.1, -0.05) is 0 Å². The number of hydrogen-bond acceptors (Lipinski definition) is 2. The summed E-state index contributed by atoms with van der Waals surface area (Å²) in [4.78, 5) is 17.9. The van der Waals surface area contributed by atoms with E-state index in [0.29, 0.717) is 0 Å². The summed E-state index contributed by atoms with van der Waals surface area (Å²) in [7, 11) is -4.55. The van der Waals surface area contributed by atoms with Crippen molar-refractivity contribution in [2.24, 2.45) is 0 Å². The molecule has 0 heterocycles. The molecule has 0 amide bonds. The highest BCUT2D eigenvalue weighted by atomic mass is 127. The molecule has 108 valence electrons. The van der Waals surface area contributed by atoms with Crippen LogP contribution < -0.4 is 4.52 Å². The fourth-order valence-corrected chi connectivity index (χ4v) is 3.36. The summed E-state index contributed by atoms with van der Waals surface area (Å²) in [6.07, 6.45) is 0. The summed E-state index contributed by atoms with van der Waals surface area (Å²) in [5, 5.41) is 0. The van der Waals surface area contributed by atoms with Crippen LogP contribution in [0.15, 0.2) is 18.2 Å². The Morgan fingerprint density at radius 2 is 1.26 bits per heavy atom. The van der Waals surface area contributed by atoms with Gasteiger partial charge in [0.25, 0.3) is 0 Å². The predicted molar refractivity (Wildman–Crippen MR) is 127 cm³/mol. The summed E-state index contributed by atoms with van der Waals surface area (Å²) in [6.45, 7) is 0. The first-order valence-corrected chi connectivity index (χ1v) is 12.3. The van der Waals surface area contributed by atoms with Gasteiger partial charge in [-0.05, 0) is 165 Å². The molecule has 1 rings (SSSR count). The molecule has 0 aromatic heterocycles. The number of benzene rings is 1. The zero-order valence-corrected chi connectivity index (χ0v) is 22.5. The van der Waals surface area contributed by atoms with Gasteiger partial charge in [-0.15, -0.1) is 0 Å². The molecule has 0 fully saturated rings. The number of phosphoric acid groups is 1. The second-order valence-corrected chi connectivity index (χ2v) is 26.6. The highest BCUT2D eigenvalue weighted by Crippen LogP contribution is 2.52. The van der Waals surface area contributed by atoms with Crippen LogP contribution in [0.25, 0.3) is 0 Å². The van der Waals surface area contributed by atoms with Crippen LogP contribution in [0.5, 0.6) is 5.75 Å². The Morgan fingerprint density at radius 1 is 0.895 bits per heavy atom. The van der Waals surface area contributed by atoms with E-state index in [9.17, 15) is 4.57 Å². The van der Waals surface area contributed by atoms with Gasteiger partial charge in [0, 0.05) is 0 Å². The first-order valence-electron chi connectivity index (χ1n) is 4.34. The summed E-state index contributed by atoms with van der Waals surface area (Å²) >= 11 is 13.5. The van der Waals surface area contributed by atoms with E-state index in [4.69, 9.17) is 14.3 Å². The highest BCUT2D eigenvalue weighted by molar-refractivity contribution is 14.3. The number of halogens is 6. The minimum absolute atomic E-state index is 0.185. The minimum Gasteiger partial charge on any atom is -0.404 e. The average molecular weight is 958 g/mol. The number of hydrogen-bond donors (Lipinski definition) is 2. The molecule has 0 bridgehead atoms. The summed E-state index contributed by atoms with van der Waals surface area (Å²) in [5.41, 5.74) is 1.87. The lowest BCUT2D eigenvalue weighted by molar-refractivity contribution is 0.283. The van der Waals surface area contributed by atoms with Crippen molar-refractivity contribution in [2.45, 2.75) is -1.13 Å². The third-order valence-electron chi connectivity index (χ3n) is 1.79. The van der Waals surface area contributed by atoms with E-state index in [1.54, 1.807) is 12.1 Å². The zero-order chi connectivity index (χ0) is 15.1. The van der Waals surface area contributed by atoms with Crippen molar-refractivity contribution < 1.29 is 18.9 Å². The van der Waals surface area contributed by atoms with E-state index in [2.05, 4.69) is 136 Å². The molecule has 2 N–H and O–H groups in total. The average Bonchev–Trinajstić information content (AvgIpc) is 2.11. The lowest BCUT2D eigenvalue weighted by Gasteiger charge is -2.20. The minimum atomic E-state index is -4.55. The molecule has 1 aromatic carbocycles. The van der Waals surface area contributed by atoms with E-state index in [1.165, 1.54) is 0 Å². The van der Waals surface area contributed by atoms with Crippen molar-refractivity contribution in [2.75, 3.05) is 0 Å². The largest absolute Gasteiger partial charge is 0.524 e. The molecule has 0 unspecified atom stereocenters. The van der Waals surface area contributed by atoms with Gasteiger partial charge in [-0.3, -0.25) is 9.79 Å². The Morgan fingerprint density at radius 3 is 1.53 bits per heavy atom. The highest BCUT2D eigenvalue weighted by Gasteiger charge is 2.28. The van der Waals surface area contributed by atoms with E-state index in [0.717, 1.165) is 11.1 Å². The Kier molecular flexibility index (Phi) is 8.26. The van der Waals surface area contributed by atoms with Gasteiger partial charge in [-0.2, -0.15) is 0 Å². The van der Waals surface area contributed by atoms with Crippen LogP contribution in [-0.2, 0) is 3.44 Å². The van der Waals surface area contributed by atoms with Gasteiger partial charge in [0.15, 0.2) is 0 Å². The van der Waals surface area contributed by atoms with Crippen LogP contribution in [0.1, 0.15) is 11.1 Å². The lowest BCUT2D eigenvalue weighted by Crippen LogP contribution is -2.04. The molecule has 0 saturated carbocycles. The summed E-state index contributed by atoms with van der Waals surface area (Å²) < 4.78 is 15.3. The van der Waals surface area contributed by atoms with E-state index in [1.807, 2.05) is 6.07 Å². The smallest absolute Gasteiger partial charge is 0.404 e. The molecular formula is C8H5I6O4P. The maximum Gasteiger partial charge on any atom is 0.524 e. The second-order valence-electron chi connectivity index (χ2n) is 3.32. The van der Waals surface area contributed by atoms with Crippen LogP contribution in [0, 0.1) is 0 Å². The van der Waals surface area contributed by atoms with Gasteiger partial charge in [0.1, 0.15) is 4.62 Å². The van der Waals surface area contributed by atoms with Crippen molar-refractivity contribution in [1.82, 2.24) is 0 Å². The predicted octanol–water partition coefficient (Wildman–Crippen LogP) is 5.99. The molecule has 0 aliphatic heterocycles. The normalized spacial score (nSPS) is 13.5. The topological polar surface area (TPSA) is 66.8 Å². The van der Waals surface area contributed by atoms with Crippen molar-refractivity contribution in [3.05, 3.63) is 29.3 Å². The third kappa shape index (κ3) is 7.77. The first-order chi connectivity index (χ1) is 8.29. The summed E-state index contributed by atoms with van der Waals surface area (Å²) in [6, 6.07) is 5.33. The maximum absolute atomic E-state index is 11.0. The SMILES string of the molecule is O=P(O)(O)Oc1cc(C(I)(I)I)cc(C(I)(I)I)c1.